The summed E-state index contributed by atoms with van der Waals surface area (Å²) in [5, 5.41) is 2.77. The van der Waals surface area contributed by atoms with E-state index >= 15 is 0 Å². The number of hydrogen-bond acceptors (Lipinski definition) is 5. The van der Waals surface area contributed by atoms with E-state index in [0.29, 0.717) is 48.3 Å². The number of fused-ring (bicyclic) bond motifs is 1. The molecule has 2 amide bonds. The highest BCUT2D eigenvalue weighted by atomic mass is 19.1. The molecule has 31 heavy (non-hydrogen) atoms. The Kier molecular flexibility index (Phi) is 5.88. The number of furan rings is 1. The molecule has 0 saturated heterocycles. The van der Waals surface area contributed by atoms with Crippen LogP contribution in [0.4, 0.5) is 10.1 Å². The Hall–Kier alpha value is -3.81. The zero-order chi connectivity index (χ0) is 21.8. The van der Waals surface area contributed by atoms with Crippen molar-refractivity contribution in [3.05, 3.63) is 66.2 Å². The van der Waals surface area contributed by atoms with Crippen LogP contribution in [-0.2, 0) is 4.79 Å². The van der Waals surface area contributed by atoms with Crippen molar-refractivity contribution in [1.29, 1.82) is 0 Å². The molecule has 0 radical (unpaired) electrons. The molecule has 1 aromatic heterocycles. The molecule has 0 aliphatic carbocycles. The number of likely N-dealkylation sites (N-methyl/N-ethyl adjacent to an activating group) is 1. The van der Waals surface area contributed by atoms with E-state index in [1.807, 2.05) is 0 Å². The summed E-state index contributed by atoms with van der Waals surface area (Å²) in [7, 11) is 0. The minimum Gasteiger partial charge on any atom is -0.486 e. The van der Waals surface area contributed by atoms with Gasteiger partial charge in [-0.3, -0.25) is 9.59 Å². The second kappa shape index (κ2) is 8.91. The number of benzene rings is 2. The van der Waals surface area contributed by atoms with Crippen LogP contribution in [0.15, 0.2) is 59.0 Å². The van der Waals surface area contributed by atoms with Gasteiger partial charge < -0.3 is 24.1 Å². The van der Waals surface area contributed by atoms with Gasteiger partial charge in [-0.05, 0) is 55.5 Å². The van der Waals surface area contributed by atoms with Crippen molar-refractivity contribution >= 4 is 17.5 Å². The lowest BCUT2D eigenvalue weighted by molar-refractivity contribution is -0.116. The van der Waals surface area contributed by atoms with E-state index in [1.54, 1.807) is 49.4 Å². The Morgan fingerprint density at radius 1 is 1.00 bits per heavy atom. The van der Waals surface area contributed by atoms with Crippen LogP contribution in [0.25, 0.3) is 11.3 Å². The fourth-order valence-electron chi connectivity index (χ4n) is 3.20. The zero-order valence-corrected chi connectivity index (χ0v) is 16.9. The average molecular weight is 424 g/mol. The maximum Gasteiger partial charge on any atom is 0.290 e. The predicted octanol–water partition coefficient (Wildman–Crippen LogP) is 3.96. The standard InChI is InChI=1S/C23H21FN2O5/c1-2-26(14-22(27)25-17-7-8-19-21(13-17)30-12-11-29-19)23(28)20-10-9-18(31-20)15-3-5-16(24)6-4-15/h3-10,13H,2,11-12,14H2,1H3,(H,25,27). The molecule has 8 heteroatoms. The SMILES string of the molecule is CCN(CC(=O)Nc1ccc2c(c1)OCCO2)C(=O)c1ccc(-c2ccc(F)cc2)o1. The number of carbonyl (C=O) groups is 2. The fourth-order valence-corrected chi connectivity index (χ4v) is 3.20. The highest BCUT2D eigenvalue weighted by molar-refractivity contribution is 5.98. The molecule has 160 valence electrons. The highest BCUT2D eigenvalue weighted by Gasteiger charge is 2.21. The predicted molar refractivity (Wildman–Crippen MR) is 112 cm³/mol. The third-order valence-corrected chi connectivity index (χ3v) is 4.77. The quantitative estimate of drug-likeness (QED) is 0.648. The molecule has 2 aromatic carbocycles. The monoisotopic (exact) mass is 424 g/mol. The summed E-state index contributed by atoms with van der Waals surface area (Å²) in [6.45, 7) is 2.89. The Bertz CT molecular complexity index is 1090. The van der Waals surface area contributed by atoms with Crippen LogP contribution in [0.3, 0.4) is 0 Å². The molecule has 0 fully saturated rings. The summed E-state index contributed by atoms with van der Waals surface area (Å²) in [5.41, 5.74) is 1.20. The van der Waals surface area contributed by atoms with Crippen LogP contribution in [-0.4, -0.2) is 43.0 Å². The molecule has 0 bridgehead atoms. The van der Waals surface area contributed by atoms with Gasteiger partial charge >= 0.3 is 0 Å². The van der Waals surface area contributed by atoms with E-state index in [4.69, 9.17) is 13.9 Å². The van der Waals surface area contributed by atoms with Gasteiger partial charge in [-0.1, -0.05) is 0 Å². The van der Waals surface area contributed by atoms with E-state index in [0.717, 1.165) is 0 Å². The zero-order valence-electron chi connectivity index (χ0n) is 16.9. The number of rotatable bonds is 6. The summed E-state index contributed by atoms with van der Waals surface area (Å²) in [5.74, 6) is 0.632. The minimum atomic E-state index is -0.409. The molecular weight excluding hydrogens is 403 g/mol. The first-order chi connectivity index (χ1) is 15.0. The molecule has 0 unspecified atom stereocenters. The smallest absolute Gasteiger partial charge is 0.290 e. The van der Waals surface area contributed by atoms with Crippen molar-refractivity contribution in [2.75, 3.05) is 31.6 Å². The number of hydrogen-bond donors (Lipinski definition) is 1. The fraction of sp³-hybridized carbons (Fsp3) is 0.217. The lowest BCUT2D eigenvalue weighted by atomic mass is 10.2. The van der Waals surface area contributed by atoms with Gasteiger partial charge in [0.25, 0.3) is 5.91 Å². The van der Waals surface area contributed by atoms with Crippen molar-refractivity contribution in [3.63, 3.8) is 0 Å². The van der Waals surface area contributed by atoms with Gasteiger partial charge in [-0.15, -0.1) is 0 Å². The van der Waals surface area contributed by atoms with Crippen molar-refractivity contribution in [1.82, 2.24) is 4.90 Å². The first-order valence-corrected chi connectivity index (χ1v) is 9.88. The first-order valence-electron chi connectivity index (χ1n) is 9.88. The molecule has 1 N–H and O–H groups in total. The second-order valence-corrected chi connectivity index (χ2v) is 6.90. The minimum absolute atomic E-state index is 0.105. The lowest BCUT2D eigenvalue weighted by Gasteiger charge is -2.21. The highest BCUT2D eigenvalue weighted by Crippen LogP contribution is 2.32. The van der Waals surface area contributed by atoms with E-state index in [2.05, 4.69) is 5.32 Å². The van der Waals surface area contributed by atoms with Crippen LogP contribution in [0.1, 0.15) is 17.5 Å². The number of nitrogens with zero attached hydrogens (tertiary/aromatic N) is 1. The number of carbonyl (C=O) groups excluding carboxylic acids is 2. The van der Waals surface area contributed by atoms with Gasteiger partial charge in [0, 0.05) is 23.9 Å². The number of amides is 2. The Balaban J connectivity index is 1.41. The molecule has 3 aromatic rings. The molecule has 4 rings (SSSR count). The summed E-state index contributed by atoms with van der Waals surface area (Å²) < 4.78 is 29.7. The normalized spacial score (nSPS) is 12.3. The number of anilines is 1. The molecule has 1 aliphatic rings. The van der Waals surface area contributed by atoms with Crippen LogP contribution in [0, 0.1) is 5.82 Å². The summed E-state index contributed by atoms with van der Waals surface area (Å²) in [6, 6.07) is 14.1. The van der Waals surface area contributed by atoms with Crippen LogP contribution in [0.5, 0.6) is 11.5 Å². The molecule has 0 atom stereocenters. The third kappa shape index (κ3) is 4.69. The summed E-state index contributed by atoms with van der Waals surface area (Å²) in [6.07, 6.45) is 0. The maximum atomic E-state index is 13.1. The molecule has 0 saturated carbocycles. The molecular formula is C23H21FN2O5. The third-order valence-electron chi connectivity index (χ3n) is 4.77. The lowest BCUT2D eigenvalue weighted by Crippen LogP contribution is -2.37. The van der Waals surface area contributed by atoms with Gasteiger partial charge in [0.05, 0.1) is 0 Å². The van der Waals surface area contributed by atoms with Gasteiger partial charge in [0.1, 0.15) is 31.3 Å². The van der Waals surface area contributed by atoms with Gasteiger partial charge in [-0.2, -0.15) is 0 Å². The van der Waals surface area contributed by atoms with E-state index in [9.17, 15) is 14.0 Å². The van der Waals surface area contributed by atoms with Crippen LogP contribution in [0.2, 0.25) is 0 Å². The molecule has 1 aliphatic heterocycles. The number of nitrogens with one attached hydrogen (secondary N) is 1. The second-order valence-electron chi connectivity index (χ2n) is 6.90. The average Bonchev–Trinajstić information content (AvgIpc) is 3.27. The van der Waals surface area contributed by atoms with Crippen molar-refractivity contribution in [2.24, 2.45) is 0 Å². The van der Waals surface area contributed by atoms with E-state index < -0.39 is 5.91 Å². The van der Waals surface area contributed by atoms with E-state index in [-0.39, 0.29) is 24.0 Å². The Morgan fingerprint density at radius 2 is 1.74 bits per heavy atom. The largest absolute Gasteiger partial charge is 0.486 e. The van der Waals surface area contributed by atoms with Gasteiger partial charge in [0.15, 0.2) is 17.3 Å². The van der Waals surface area contributed by atoms with Gasteiger partial charge in [-0.25, -0.2) is 4.39 Å². The van der Waals surface area contributed by atoms with Crippen LogP contribution < -0.4 is 14.8 Å². The molecule has 0 spiro atoms. The summed E-state index contributed by atoms with van der Waals surface area (Å²) in [4.78, 5) is 26.7. The summed E-state index contributed by atoms with van der Waals surface area (Å²) >= 11 is 0. The molecule has 2 heterocycles. The van der Waals surface area contributed by atoms with E-state index in [1.165, 1.54) is 17.0 Å². The van der Waals surface area contributed by atoms with Crippen molar-refractivity contribution < 1.29 is 27.9 Å². The van der Waals surface area contributed by atoms with Crippen molar-refractivity contribution in [2.45, 2.75) is 6.92 Å². The van der Waals surface area contributed by atoms with Crippen LogP contribution >= 0.6 is 0 Å². The first kappa shape index (κ1) is 20.5. The Labute approximate surface area is 178 Å². The van der Waals surface area contributed by atoms with Gasteiger partial charge in [0.2, 0.25) is 5.91 Å². The topological polar surface area (TPSA) is 81.0 Å². The number of ether oxygens (including phenoxy) is 2. The van der Waals surface area contributed by atoms with Crippen molar-refractivity contribution in [3.8, 4) is 22.8 Å². The molecule has 7 nitrogen and oxygen atoms in total. The number of halogens is 1. The Morgan fingerprint density at radius 3 is 2.48 bits per heavy atom. The maximum absolute atomic E-state index is 13.1.